The predicted molar refractivity (Wildman–Crippen MR) is 103 cm³/mol. The van der Waals surface area contributed by atoms with Crippen LogP contribution >= 0.6 is 0 Å². The molecule has 5 nitrogen and oxygen atoms in total. The van der Waals surface area contributed by atoms with Crippen LogP contribution in [0.1, 0.15) is 37.8 Å². The van der Waals surface area contributed by atoms with E-state index in [1.807, 2.05) is 12.1 Å². The summed E-state index contributed by atoms with van der Waals surface area (Å²) in [4.78, 5) is 16.2. The minimum atomic E-state index is -0.444. The molecule has 1 aromatic carbocycles. The van der Waals surface area contributed by atoms with Crippen LogP contribution < -0.4 is 10.6 Å². The quantitative estimate of drug-likeness (QED) is 0.673. The zero-order valence-corrected chi connectivity index (χ0v) is 14.9. The Kier molecular flexibility index (Phi) is 6.71. The topological polar surface area (TPSA) is 74.2 Å². The number of anilines is 2. The minimum Gasteiger partial charge on any atom is -0.392 e. The van der Waals surface area contributed by atoms with Crippen molar-refractivity contribution < 1.29 is 9.90 Å². The fourth-order valence-corrected chi connectivity index (χ4v) is 2.17. The summed E-state index contributed by atoms with van der Waals surface area (Å²) in [6.07, 6.45) is 4.42. The van der Waals surface area contributed by atoms with E-state index in [9.17, 15) is 9.90 Å². The van der Waals surface area contributed by atoms with Crippen molar-refractivity contribution in [2.24, 2.45) is 0 Å². The van der Waals surface area contributed by atoms with E-state index in [0.29, 0.717) is 24.0 Å². The van der Waals surface area contributed by atoms with E-state index in [-0.39, 0.29) is 5.91 Å². The first-order chi connectivity index (χ1) is 11.9. The predicted octanol–water partition coefficient (Wildman–Crippen LogP) is 3.65. The van der Waals surface area contributed by atoms with Crippen molar-refractivity contribution in [3.05, 3.63) is 59.8 Å². The number of pyridine rings is 1. The number of aliphatic hydroxyl groups is 1. The van der Waals surface area contributed by atoms with Crippen LogP contribution in [0.5, 0.6) is 0 Å². The molecule has 1 unspecified atom stereocenters. The molecule has 0 fully saturated rings. The van der Waals surface area contributed by atoms with E-state index in [0.717, 1.165) is 5.56 Å². The van der Waals surface area contributed by atoms with E-state index in [1.165, 1.54) is 11.6 Å². The summed E-state index contributed by atoms with van der Waals surface area (Å²) in [5.74, 6) is 0.936. The van der Waals surface area contributed by atoms with E-state index in [1.54, 1.807) is 31.3 Å². The van der Waals surface area contributed by atoms with Crippen LogP contribution in [-0.4, -0.2) is 28.6 Å². The van der Waals surface area contributed by atoms with Gasteiger partial charge >= 0.3 is 0 Å². The van der Waals surface area contributed by atoms with Gasteiger partial charge in [-0.05, 0) is 42.2 Å². The number of carbonyl (C=O) groups is 1. The number of nitrogens with zero attached hydrogens (tertiary/aromatic N) is 1. The van der Waals surface area contributed by atoms with Gasteiger partial charge in [-0.2, -0.15) is 0 Å². The van der Waals surface area contributed by atoms with Gasteiger partial charge in [0.25, 0.3) is 0 Å². The Labute approximate surface area is 148 Å². The Morgan fingerprint density at radius 2 is 1.88 bits per heavy atom. The smallest absolute Gasteiger partial charge is 0.248 e. The Morgan fingerprint density at radius 1 is 1.16 bits per heavy atom. The maximum atomic E-state index is 12.0. The third-order valence-electron chi connectivity index (χ3n) is 3.64. The van der Waals surface area contributed by atoms with Crippen molar-refractivity contribution in [3.63, 3.8) is 0 Å². The van der Waals surface area contributed by atoms with Crippen LogP contribution in [0.25, 0.3) is 6.08 Å². The molecule has 132 valence electrons. The molecule has 0 aliphatic rings. The summed E-state index contributed by atoms with van der Waals surface area (Å²) in [6, 6.07) is 11.7. The maximum absolute atomic E-state index is 12.0. The van der Waals surface area contributed by atoms with E-state index >= 15 is 0 Å². The SMILES string of the molecule is CC(O)CNc1ccc(NC(=O)/C=C/c2ccc(C(C)C)cc2)cn1. The monoisotopic (exact) mass is 339 g/mol. The number of hydrogen-bond donors (Lipinski definition) is 3. The highest BCUT2D eigenvalue weighted by molar-refractivity contribution is 6.01. The molecule has 0 bridgehead atoms. The molecular weight excluding hydrogens is 314 g/mol. The first-order valence-electron chi connectivity index (χ1n) is 8.41. The molecule has 1 heterocycles. The molecule has 0 aliphatic heterocycles. The van der Waals surface area contributed by atoms with Crippen LogP contribution in [0.15, 0.2) is 48.7 Å². The average molecular weight is 339 g/mol. The van der Waals surface area contributed by atoms with Gasteiger partial charge in [-0.25, -0.2) is 4.98 Å². The van der Waals surface area contributed by atoms with Crippen molar-refractivity contribution in [2.75, 3.05) is 17.2 Å². The lowest BCUT2D eigenvalue weighted by Crippen LogP contribution is -2.16. The van der Waals surface area contributed by atoms with Gasteiger partial charge in [-0.1, -0.05) is 38.1 Å². The molecule has 0 spiro atoms. The van der Waals surface area contributed by atoms with Gasteiger partial charge in [-0.3, -0.25) is 4.79 Å². The number of amides is 1. The zero-order valence-electron chi connectivity index (χ0n) is 14.9. The lowest BCUT2D eigenvalue weighted by atomic mass is 10.0. The Hall–Kier alpha value is -2.66. The van der Waals surface area contributed by atoms with Crippen molar-refractivity contribution in [2.45, 2.75) is 32.8 Å². The Morgan fingerprint density at radius 3 is 2.44 bits per heavy atom. The van der Waals surface area contributed by atoms with Crippen molar-refractivity contribution in [1.82, 2.24) is 4.98 Å². The molecule has 1 atom stereocenters. The molecule has 1 aromatic heterocycles. The van der Waals surface area contributed by atoms with Gasteiger partial charge in [0, 0.05) is 12.6 Å². The van der Waals surface area contributed by atoms with Crippen LogP contribution in [-0.2, 0) is 4.79 Å². The molecule has 25 heavy (non-hydrogen) atoms. The third kappa shape index (κ3) is 6.39. The normalized spacial score (nSPS) is 12.4. The molecule has 0 saturated carbocycles. The summed E-state index contributed by atoms with van der Waals surface area (Å²) in [5, 5.41) is 15.0. The third-order valence-corrected chi connectivity index (χ3v) is 3.64. The molecule has 0 aliphatic carbocycles. The number of benzene rings is 1. The molecule has 2 rings (SSSR count). The first-order valence-corrected chi connectivity index (χ1v) is 8.41. The van der Waals surface area contributed by atoms with Gasteiger partial charge in [0.2, 0.25) is 5.91 Å². The number of nitrogens with one attached hydrogen (secondary N) is 2. The Balaban J connectivity index is 1.88. The van der Waals surface area contributed by atoms with Crippen LogP contribution in [0, 0.1) is 0 Å². The largest absolute Gasteiger partial charge is 0.392 e. The van der Waals surface area contributed by atoms with Crippen LogP contribution in [0.4, 0.5) is 11.5 Å². The standard InChI is InChI=1S/C20H25N3O2/c1-14(2)17-7-4-16(5-8-17)6-11-20(25)23-18-9-10-19(22-13-18)21-12-15(3)24/h4-11,13-15,24H,12H2,1-3H3,(H,21,22)(H,23,25)/b11-6+. The Bertz CT molecular complexity index is 705. The van der Waals surface area contributed by atoms with E-state index in [4.69, 9.17) is 0 Å². The second-order valence-electron chi connectivity index (χ2n) is 6.31. The summed E-state index contributed by atoms with van der Waals surface area (Å²) in [5.41, 5.74) is 2.87. The van der Waals surface area contributed by atoms with Gasteiger partial charge < -0.3 is 15.7 Å². The van der Waals surface area contributed by atoms with E-state index in [2.05, 4.69) is 41.6 Å². The second-order valence-corrected chi connectivity index (χ2v) is 6.31. The molecule has 2 aromatic rings. The minimum absolute atomic E-state index is 0.209. The lowest BCUT2D eigenvalue weighted by Gasteiger charge is -2.08. The molecule has 0 radical (unpaired) electrons. The first kappa shape index (κ1) is 18.7. The van der Waals surface area contributed by atoms with Gasteiger partial charge in [0.1, 0.15) is 5.82 Å². The zero-order chi connectivity index (χ0) is 18.2. The fourth-order valence-electron chi connectivity index (χ4n) is 2.17. The molecular formula is C20H25N3O2. The van der Waals surface area contributed by atoms with Crippen LogP contribution in [0.2, 0.25) is 0 Å². The average Bonchev–Trinajstić information content (AvgIpc) is 2.59. The summed E-state index contributed by atoms with van der Waals surface area (Å²) in [7, 11) is 0. The van der Waals surface area contributed by atoms with E-state index < -0.39 is 6.10 Å². The summed E-state index contributed by atoms with van der Waals surface area (Å²) >= 11 is 0. The number of carbonyl (C=O) groups excluding carboxylic acids is 1. The molecule has 3 N–H and O–H groups in total. The summed E-state index contributed by atoms with van der Waals surface area (Å²) < 4.78 is 0. The van der Waals surface area contributed by atoms with Crippen molar-refractivity contribution >= 4 is 23.5 Å². The molecule has 0 saturated heterocycles. The van der Waals surface area contributed by atoms with Gasteiger partial charge in [0.05, 0.1) is 18.0 Å². The molecule has 1 amide bonds. The number of aromatic nitrogens is 1. The second kappa shape index (κ2) is 8.99. The highest BCUT2D eigenvalue weighted by atomic mass is 16.3. The maximum Gasteiger partial charge on any atom is 0.248 e. The molecule has 5 heteroatoms. The highest BCUT2D eigenvalue weighted by Gasteiger charge is 2.01. The summed E-state index contributed by atoms with van der Waals surface area (Å²) in [6.45, 7) is 6.43. The highest BCUT2D eigenvalue weighted by Crippen LogP contribution is 2.15. The lowest BCUT2D eigenvalue weighted by molar-refractivity contribution is -0.111. The van der Waals surface area contributed by atoms with Gasteiger partial charge in [0.15, 0.2) is 0 Å². The van der Waals surface area contributed by atoms with Crippen molar-refractivity contribution in [1.29, 1.82) is 0 Å². The van der Waals surface area contributed by atoms with Crippen LogP contribution in [0.3, 0.4) is 0 Å². The number of hydrogen-bond acceptors (Lipinski definition) is 4. The number of aliphatic hydroxyl groups excluding tert-OH is 1. The number of rotatable bonds is 7. The fraction of sp³-hybridized carbons (Fsp3) is 0.300. The van der Waals surface area contributed by atoms with Crippen molar-refractivity contribution in [3.8, 4) is 0 Å². The van der Waals surface area contributed by atoms with Gasteiger partial charge in [-0.15, -0.1) is 0 Å².